The molecule has 5 heterocycles. The van der Waals surface area contributed by atoms with Crippen LogP contribution in [0.15, 0.2) is 84.1 Å². The normalized spacial score (nSPS) is 21.6. The molecule has 0 unspecified atom stereocenters. The van der Waals surface area contributed by atoms with Gasteiger partial charge in [0, 0.05) is 43.4 Å². The molecule has 3 aromatic carbocycles. The van der Waals surface area contributed by atoms with Crippen LogP contribution in [0.3, 0.4) is 0 Å². The second kappa shape index (κ2) is 22.4. The first-order valence-electron chi connectivity index (χ1n) is 27.0. The van der Waals surface area contributed by atoms with Gasteiger partial charge in [-0.15, -0.1) is 0 Å². The summed E-state index contributed by atoms with van der Waals surface area (Å²) in [5.41, 5.74) is 7.77. The molecule has 75 heavy (non-hydrogen) atoms. The summed E-state index contributed by atoms with van der Waals surface area (Å²) in [5, 5.41) is 5.73. The molecule has 2 saturated heterocycles. The number of rotatable bonds is 14. The van der Waals surface area contributed by atoms with Gasteiger partial charge in [0.1, 0.15) is 42.0 Å². The number of likely N-dealkylation sites (tertiary alicyclic amines) is 2. The monoisotopic (exact) mass is 1020 g/mol. The molecule has 4 aromatic rings. The average Bonchev–Trinajstić information content (AvgIpc) is 4.27. The fourth-order valence-electron chi connectivity index (χ4n) is 11.7. The Hall–Kier alpha value is -7.04. The predicted octanol–water partition coefficient (Wildman–Crippen LogP) is 10.2. The Morgan fingerprint density at radius 1 is 0.667 bits per heavy atom. The highest BCUT2D eigenvalue weighted by Crippen LogP contribution is 2.36. The largest absolute Gasteiger partial charge is 0.446 e. The minimum atomic E-state index is -0.882. The van der Waals surface area contributed by atoms with Gasteiger partial charge in [-0.3, -0.25) is 19.5 Å². The molecular formula is C58H69FN8O8. The summed E-state index contributed by atoms with van der Waals surface area (Å²) in [6.07, 6.45) is 10.8. The van der Waals surface area contributed by atoms with E-state index in [-0.39, 0.29) is 67.4 Å². The summed E-state index contributed by atoms with van der Waals surface area (Å²) in [6, 6.07) is 19.0. The number of imidazole rings is 1. The summed E-state index contributed by atoms with van der Waals surface area (Å²) in [6.45, 7) is 8.64. The zero-order valence-electron chi connectivity index (χ0n) is 43.4. The number of ether oxygens (including phenoxy) is 3. The van der Waals surface area contributed by atoms with Crippen LogP contribution in [-0.2, 0) is 36.9 Å². The lowest BCUT2D eigenvalue weighted by atomic mass is 9.95. The van der Waals surface area contributed by atoms with Gasteiger partial charge < -0.3 is 39.6 Å². The van der Waals surface area contributed by atoms with Crippen LogP contribution in [0.5, 0.6) is 0 Å². The van der Waals surface area contributed by atoms with Crippen molar-refractivity contribution in [1.29, 1.82) is 0 Å². The van der Waals surface area contributed by atoms with E-state index in [2.05, 4.69) is 52.0 Å². The molecule has 16 nitrogen and oxygen atoms in total. The lowest BCUT2D eigenvalue weighted by Gasteiger charge is -2.31. The third-order valence-electron chi connectivity index (χ3n) is 15.9. The summed E-state index contributed by atoms with van der Waals surface area (Å²) in [4.78, 5) is 86.2. The number of nitrogens with one attached hydrogen (secondary N) is 3. The summed E-state index contributed by atoms with van der Waals surface area (Å²) >= 11 is 0. The fraction of sp³-hybridized carbons (Fsp3) is 0.500. The fourth-order valence-corrected chi connectivity index (χ4v) is 11.7. The van der Waals surface area contributed by atoms with Crippen LogP contribution in [-0.4, -0.2) is 110 Å². The van der Waals surface area contributed by atoms with E-state index in [0.29, 0.717) is 30.8 Å². The number of aliphatic imine (C=N–C) groups is 1. The van der Waals surface area contributed by atoms with E-state index in [4.69, 9.17) is 24.2 Å². The first-order valence-corrected chi connectivity index (χ1v) is 27.0. The molecule has 5 atom stereocenters. The number of benzene rings is 3. The van der Waals surface area contributed by atoms with Gasteiger partial charge in [0.25, 0.3) is 0 Å². The molecule has 4 fully saturated rings. The molecule has 0 radical (unpaired) electrons. The summed E-state index contributed by atoms with van der Waals surface area (Å²) in [5.74, 6) is -0.461. The van der Waals surface area contributed by atoms with Crippen LogP contribution in [0.2, 0.25) is 0 Å². The first kappa shape index (κ1) is 51.4. The second-order valence-corrected chi connectivity index (χ2v) is 21.8. The number of alkyl carbamates (subject to hydrolysis) is 2. The Morgan fingerprint density at radius 3 is 1.85 bits per heavy atom. The number of hydrogen-bond acceptors (Lipinski definition) is 10. The van der Waals surface area contributed by atoms with Crippen LogP contribution in [0.1, 0.15) is 133 Å². The standard InChI is InChI=1S/C58H69FN8O8/c1-34(2)51(63-56(70)73-42-12-5-6-13-42)54(68)66-26-10-17-49(66)53-61-30-48(62-53)39-24-22-37(23-25-39)36-18-20-38(21-19-36)41-27-47(60-29-41)50-28-44(75-58(72)65-31-40-11-9-16-46(59)45(40)33-65)32-67(50)55(69)52(35(3)4)64-57(71)74-43-14-7-8-15-43/h9,11,16,18-25,29-30,34-35,42-44,49-52H,5-8,10,12-15,17,26-28,31-33H2,1-4H3,(H,61,62)(H,63,70)(H,64,71)/t44-,49+,50+,51+,52+/m1/s1. The number of amides is 5. The maximum absolute atomic E-state index is 14.6. The number of allylic oxidation sites excluding steroid dienone is 1. The van der Waals surface area contributed by atoms with Gasteiger partial charge in [-0.1, -0.05) is 88.4 Å². The van der Waals surface area contributed by atoms with Crippen molar-refractivity contribution in [2.45, 2.75) is 160 Å². The van der Waals surface area contributed by atoms with Crippen molar-refractivity contribution in [2.75, 3.05) is 13.1 Å². The smallest absolute Gasteiger partial charge is 0.410 e. The van der Waals surface area contributed by atoms with Crippen LogP contribution < -0.4 is 10.6 Å². The molecule has 2 saturated carbocycles. The Kier molecular flexibility index (Phi) is 15.4. The Bertz CT molecular complexity index is 2820. The third-order valence-corrected chi connectivity index (χ3v) is 15.9. The SMILES string of the molecule is CC(C)[C@H](NC(=O)OC1CCCC1)C(=O)N1C[C@H](OC(=O)N2Cc3cccc(F)c3C2)C[C@H]1C1=NC=C(c2ccc(-c3ccc(-c4cnc([C@@H]5CCCN5C(=O)[C@@H](NC(=O)OC5CCCC5)C(C)C)[nH]4)cc3)cc2)C1. The lowest BCUT2D eigenvalue weighted by molar-refractivity contribution is -0.136. The highest BCUT2D eigenvalue weighted by molar-refractivity contribution is 6.04. The number of carbonyl (C=O) groups is 5. The minimum absolute atomic E-state index is 0.0883. The molecule has 2 aliphatic carbocycles. The number of aromatic nitrogens is 2. The third kappa shape index (κ3) is 11.5. The van der Waals surface area contributed by atoms with E-state index in [1.165, 1.54) is 11.0 Å². The van der Waals surface area contributed by atoms with E-state index in [0.717, 1.165) is 109 Å². The molecule has 10 rings (SSSR count). The number of hydrogen-bond donors (Lipinski definition) is 3. The molecule has 3 N–H and O–H groups in total. The van der Waals surface area contributed by atoms with Gasteiger partial charge >= 0.3 is 18.3 Å². The Morgan fingerprint density at radius 2 is 1.25 bits per heavy atom. The summed E-state index contributed by atoms with van der Waals surface area (Å²) < 4.78 is 32.0. The van der Waals surface area contributed by atoms with Gasteiger partial charge in [0.2, 0.25) is 11.8 Å². The van der Waals surface area contributed by atoms with Crippen molar-refractivity contribution in [3.63, 3.8) is 0 Å². The molecule has 5 amide bonds. The highest BCUT2D eigenvalue weighted by Gasteiger charge is 2.45. The maximum Gasteiger partial charge on any atom is 0.410 e. The van der Waals surface area contributed by atoms with Crippen molar-refractivity contribution in [2.24, 2.45) is 16.8 Å². The van der Waals surface area contributed by atoms with E-state index in [9.17, 15) is 28.4 Å². The van der Waals surface area contributed by atoms with Gasteiger partial charge in [0.05, 0.1) is 37.1 Å². The number of aromatic amines is 1. The zero-order chi connectivity index (χ0) is 52.3. The van der Waals surface area contributed by atoms with Crippen LogP contribution >= 0.6 is 0 Å². The van der Waals surface area contributed by atoms with E-state index >= 15 is 0 Å². The molecule has 4 aliphatic heterocycles. The maximum atomic E-state index is 14.6. The van der Waals surface area contributed by atoms with E-state index in [1.807, 2.05) is 50.9 Å². The second-order valence-electron chi connectivity index (χ2n) is 21.8. The predicted molar refractivity (Wildman–Crippen MR) is 280 cm³/mol. The van der Waals surface area contributed by atoms with Gasteiger partial charge in [-0.05, 0) is 116 Å². The average molecular weight is 1030 g/mol. The van der Waals surface area contributed by atoms with Gasteiger partial charge in [-0.25, -0.2) is 23.8 Å². The van der Waals surface area contributed by atoms with Crippen LogP contribution in [0.25, 0.3) is 28.0 Å². The first-order chi connectivity index (χ1) is 36.3. The van der Waals surface area contributed by atoms with Crippen molar-refractivity contribution < 1.29 is 42.6 Å². The Labute approximate surface area is 437 Å². The molecule has 6 aliphatic rings. The zero-order valence-corrected chi connectivity index (χ0v) is 43.4. The molecule has 396 valence electrons. The molecule has 0 spiro atoms. The van der Waals surface area contributed by atoms with Gasteiger partial charge in [0.15, 0.2) is 0 Å². The van der Waals surface area contributed by atoms with Crippen molar-refractivity contribution in [1.82, 2.24) is 35.3 Å². The molecular weight excluding hydrogens is 956 g/mol. The Balaban J connectivity index is 0.778. The number of nitrogens with zero attached hydrogens (tertiary/aromatic N) is 5. The lowest BCUT2D eigenvalue weighted by Crippen LogP contribution is -2.54. The van der Waals surface area contributed by atoms with E-state index < -0.39 is 42.5 Å². The number of fused-ring (bicyclic) bond motifs is 1. The quantitative estimate of drug-likeness (QED) is 0.103. The number of H-pyrrole nitrogens is 1. The van der Waals surface area contributed by atoms with Crippen molar-refractivity contribution >= 4 is 41.4 Å². The number of carbonyl (C=O) groups excluding carboxylic acids is 5. The molecule has 1 aromatic heterocycles. The van der Waals surface area contributed by atoms with E-state index in [1.54, 1.807) is 23.2 Å². The van der Waals surface area contributed by atoms with Gasteiger partial charge in [-0.2, -0.15) is 0 Å². The number of halogens is 1. The summed E-state index contributed by atoms with van der Waals surface area (Å²) in [7, 11) is 0. The van der Waals surface area contributed by atoms with Crippen LogP contribution in [0, 0.1) is 17.7 Å². The minimum Gasteiger partial charge on any atom is -0.446 e. The molecule has 17 heteroatoms. The topological polar surface area (TPSA) is 188 Å². The van der Waals surface area contributed by atoms with Crippen molar-refractivity contribution in [3.8, 4) is 22.4 Å². The van der Waals surface area contributed by atoms with Crippen LogP contribution in [0.4, 0.5) is 18.8 Å². The highest BCUT2D eigenvalue weighted by atomic mass is 19.1. The molecule has 0 bridgehead atoms. The van der Waals surface area contributed by atoms with Crippen molar-refractivity contribution in [3.05, 3.63) is 107 Å².